The minimum Gasteiger partial charge on any atom is -0.336 e. The van der Waals surface area contributed by atoms with Crippen molar-refractivity contribution in [2.24, 2.45) is 23.2 Å². The van der Waals surface area contributed by atoms with E-state index in [1.807, 2.05) is 13.8 Å². The molecule has 0 atom stereocenters. The molecule has 1 aromatic rings. The molecule has 4 aliphatic carbocycles. The van der Waals surface area contributed by atoms with Crippen molar-refractivity contribution in [3.8, 4) is 0 Å². The Bertz CT molecular complexity index is 724. The van der Waals surface area contributed by atoms with Gasteiger partial charge in [0.1, 0.15) is 0 Å². The number of carbonyl (C=O) groups excluding carboxylic acids is 2. The molecule has 27 heavy (non-hydrogen) atoms. The summed E-state index contributed by atoms with van der Waals surface area (Å²) in [7, 11) is 1.80. The maximum absolute atomic E-state index is 13.3. The maximum atomic E-state index is 13.3. The third-order valence-electron chi connectivity index (χ3n) is 7.16. The van der Waals surface area contributed by atoms with Crippen molar-refractivity contribution in [3.05, 3.63) is 28.8 Å². The normalized spacial score (nSPS) is 31.0. The van der Waals surface area contributed by atoms with E-state index in [1.54, 1.807) is 11.9 Å². The summed E-state index contributed by atoms with van der Waals surface area (Å²) in [5.41, 5.74) is 4.02. The van der Waals surface area contributed by atoms with Gasteiger partial charge >= 0.3 is 0 Å². The molecule has 4 heteroatoms. The zero-order chi connectivity index (χ0) is 19.3. The number of carbonyl (C=O) groups is 2. The molecular weight excluding hydrogens is 336 g/mol. The first-order valence-corrected chi connectivity index (χ1v) is 10.4. The minimum atomic E-state index is -0.181. The molecule has 0 unspecified atom stereocenters. The lowest BCUT2D eigenvalue weighted by molar-refractivity contribution is -0.157. The Labute approximate surface area is 162 Å². The van der Waals surface area contributed by atoms with E-state index in [9.17, 15) is 9.59 Å². The molecule has 0 aliphatic heterocycles. The summed E-state index contributed by atoms with van der Waals surface area (Å²) in [4.78, 5) is 27.6. The highest BCUT2D eigenvalue weighted by Crippen LogP contribution is 2.60. The fourth-order valence-electron chi connectivity index (χ4n) is 6.62. The lowest BCUT2D eigenvalue weighted by Crippen LogP contribution is -2.54. The molecule has 4 saturated carbocycles. The van der Waals surface area contributed by atoms with Crippen LogP contribution in [-0.4, -0.2) is 30.3 Å². The van der Waals surface area contributed by atoms with Crippen LogP contribution < -0.4 is 5.32 Å². The van der Waals surface area contributed by atoms with Crippen LogP contribution in [0.2, 0.25) is 0 Å². The van der Waals surface area contributed by atoms with Gasteiger partial charge in [-0.25, -0.2) is 0 Å². The number of hydrogen-bond acceptors (Lipinski definition) is 2. The third-order valence-corrected chi connectivity index (χ3v) is 7.16. The second kappa shape index (κ2) is 6.65. The standard InChI is InChI=1S/C23H32N2O2/c1-14-5-15(2)21(16(3)6-14)24-20(26)13-25(4)22(27)23-10-17-7-18(11-23)9-19(8-17)12-23/h5-6,17-19H,7-13H2,1-4H3,(H,24,26). The Morgan fingerprint density at radius 3 is 1.96 bits per heavy atom. The molecule has 146 valence electrons. The number of aryl methyl sites for hydroxylation is 3. The molecule has 4 aliphatic rings. The van der Waals surface area contributed by atoms with Gasteiger partial charge < -0.3 is 10.2 Å². The molecule has 4 fully saturated rings. The Kier molecular flexibility index (Phi) is 4.56. The van der Waals surface area contributed by atoms with Crippen LogP contribution in [-0.2, 0) is 9.59 Å². The van der Waals surface area contributed by atoms with Crippen LogP contribution in [0, 0.1) is 43.9 Å². The molecule has 0 spiro atoms. The van der Waals surface area contributed by atoms with Gasteiger partial charge in [0.15, 0.2) is 0 Å². The van der Waals surface area contributed by atoms with Gasteiger partial charge in [0.25, 0.3) is 0 Å². The molecule has 1 N–H and O–H groups in total. The van der Waals surface area contributed by atoms with Crippen LogP contribution in [0.25, 0.3) is 0 Å². The van der Waals surface area contributed by atoms with E-state index < -0.39 is 0 Å². The quantitative estimate of drug-likeness (QED) is 0.865. The molecule has 4 bridgehead atoms. The number of anilines is 1. The summed E-state index contributed by atoms with van der Waals surface area (Å²) in [6, 6.07) is 4.15. The van der Waals surface area contributed by atoms with Gasteiger partial charge in [0.2, 0.25) is 11.8 Å². The average molecular weight is 369 g/mol. The average Bonchev–Trinajstić information content (AvgIpc) is 2.56. The highest BCUT2D eigenvalue weighted by Gasteiger charge is 2.55. The summed E-state index contributed by atoms with van der Waals surface area (Å²) >= 11 is 0. The Balaban J connectivity index is 1.42. The second-order valence-electron chi connectivity index (χ2n) is 9.68. The number of rotatable bonds is 4. The van der Waals surface area contributed by atoms with Crippen LogP contribution >= 0.6 is 0 Å². The van der Waals surface area contributed by atoms with E-state index in [0.717, 1.165) is 53.8 Å². The molecule has 0 aromatic heterocycles. The summed E-state index contributed by atoms with van der Waals surface area (Å²) in [6.07, 6.45) is 7.09. The molecule has 0 radical (unpaired) electrons. The van der Waals surface area contributed by atoms with Crippen LogP contribution in [0.5, 0.6) is 0 Å². The van der Waals surface area contributed by atoms with Crippen molar-refractivity contribution in [1.29, 1.82) is 0 Å². The first kappa shape index (κ1) is 18.5. The van der Waals surface area contributed by atoms with E-state index in [1.165, 1.54) is 24.8 Å². The van der Waals surface area contributed by atoms with E-state index >= 15 is 0 Å². The summed E-state index contributed by atoms with van der Waals surface area (Å²) in [6.45, 7) is 6.22. The van der Waals surface area contributed by atoms with Crippen molar-refractivity contribution in [3.63, 3.8) is 0 Å². The minimum absolute atomic E-state index is 0.106. The molecular formula is C23H32N2O2. The number of benzene rings is 1. The van der Waals surface area contributed by atoms with Crippen LogP contribution in [0.15, 0.2) is 12.1 Å². The molecule has 0 heterocycles. The van der Waals surface area contributed by atoms with Gasteiger partial charge in [0, 0.05) is 12.7 Å². The SMILES string of the molecule is Cc1cc(C)c(NC(=O)CN(C)C(=O)C23CC4CC(CC(C4)C2)C3)c(C)c1. The van der Waals surface area contributed by atoms with Crippen molar-refractivity contribution >= 4 is 17.5 Å². The van der Waals surface area contributed by atoms with Crippen molar-refractivity contribution in [1.82, 2.24) is 4.90 Å². The monoisotopic (exact) mass is 368 g/mol. The van der Waals surface area contributed by atoms with E-state index in [0.29, 0.717) is 0 Å². The topological polar surface area (TPSA) is 49.4 Å². The van der Waals surface area contributed by atoms with Crippen LogP contribution in [0.1, 0.15) is 55.2 Å². The molecule has 0 saturated heterocycles. The van der Waals surface area contributed by atoms with Crippen LogP contribution in [0.3, 0.4) is 0 Å². The van der Waals surface area contributed by atoms with Gasteiger partial charge in [-0.3, -0.25) is 9.59 Å². The zero-order valence-corrected chi connectivity index (χ0v) is 17.1. The van der Waals surface area contributed by atoms with Crippen molar-refractivity contribution in [2.75, 3.05) is 18.9 Å². The molecule has 2 amide bonds. The largest absolute Gasteiger partial charge is 0.336 e. The highest BCUT2D eigenvalue weighted by molar-refractivity contribution is 5.96. The zero-order valence-electron chi connectivity index (χ0n) is 17.1. The van der Waals surface area contributed by atoms with E-state index in [-0.39, 0.29) is 23.8 Å². The van der Waals surface area contributed by atoms with E-state index in [4.69, 9.17) is 0 Å². The smallest absolute Gasteiger partial charge is 0.243 e. The number of hydrogen-bond donors (Lipinski definition) is 1. The molecule has 1 aromatic carbocycles. The molecule has 5 rings (SSSR count). The fraction of sp³-hybridized carbons (Fsp3) is 0.652. The Morgan fingerprint density at radius 2 is 1.48 bits per heavy atom. The first-order valence-electron chi connectivity index (χ1n) is 10.4. The predicted octanol–water partition coefficient (Wildman–Crippen LogP) is 4.23. The van der Waals surface area contributed by atoms with Crippen molar-refractivity contribution in [2.45, 2.75) is 59.3 Å². The second-order valence-corrected chi connectivity index (χ2v) is 9.68. The molecule has 4 nitrogen and oxygen atoms in total. The van der Waals surface area contributed by atoms with E-state index in [2.05, 4.69) is 24.4 Å². The summed E-state index contributed by atoms with van der Waals surface area (Å²) < 4.78 is 0. The van der Waals surface area contributed by atoms with Gasteiger partial charge in [-0.2, -0.15) is 0 Å². The van der Waals surface area contributed by atoms with Gasteiger partial charge in [-0.05, 0) is 88.2 Å². The summed E-state index contributed by atoms with van der Waals surface area (Å²) in [5.74, 6) is 2.31. The predicted molar refractivity (Wildman–Crippen MR) is 108 cm³/mol. The number of nitrogens with zero attached hydrogens (tertiary/aromatic N) is 1. The highest BCUT2D eigenvalue weighted by atomic mass is 16.2. The van der Waals surface area contributed by atoms with Gasteiger partial charge in [-0.1, -0.05) is 17.7 Å². The van der Waals surface area contributed by atoms with Gasteiger partial charge in [0.05, 0.1) is 12.0 Å². The Morgan fingerprint density at radius 1 is 1.00 bits per heavy atom. The van der Waals surface area contributed by atoms with Crippen LogP contribution in [0.4, 0.5) is 5.69 Å². The lowest BCUT2D eigenvalue weighted by Gasteiger charge is -2.56. The maximum Gasteiger partial charge on any atom is 0.243 e. The Hall–Kier alpha value is -1.84. The number of likely N-dealkylation sites (N-methyl/N-ethyl adjacent to an activating group) is 1. The van der Waals surface area contributed by atoms with Crippen molar-refractivity contribution < 1.29 is 9.59 Å². The third kappa shape index (κ3) is 3.39. The number of nitrogens with one attached hydrogen (secondary N) is 1. The summed E-state index contributed by atoms with van der Waals surface area (Å²) in [5, 5.41) is 3.03. The lowest BCUT2D eigenvalue weighted by atomic mass is 9.49. The van der Waals surface area contributed by atoms with Gasteiger partial charge in [-0.15, -0.1) is 0 Å². The fourth-order valence-corrected chi connectivity index (χ4v) is 6.62. The number of amides is 2. The first-order chi connectivity index (χ1) is 12.8.